The van der Waals surface area contributed by atoms with E-state index in [1.54, 1.807) is 0 Å². The summed E-state index contributed by atoms with van der Waals surface area (Å²) in [7, 11) is -3.24. The summed E-state index contributed by atoms with van der Waals surface area (Å²) in [6.07, 6.45) is 3.63. The zero-order valence-electron chi connectivity index (χ0n) is 16.4. The molecule has 1 amide bonds. The first-order valence-electron chi connectivity index (χ1n) is 9.77. The number of carbonyl (C=O) groups excluding carboxylic acids is 1. The third-order valence-electron chi connectivity index (χ3n) is 5.56. The molecule has 1 N–H and O–H groups in total. The monoisotopic (exact) mass is 431 g/mol. The Morgan fingerprint density at radius 1 is 1.24 bits per heavy atom. The molecule has 1 aromatic carbocycles. The van der Waals surface area contributed by atoms with Crippen molar-refractivity contribution in [2.24, 2.45) is 0 Å². The summed E-state index contributed by atoms with van der Waals surface area (Å²) in [5.74, 6) is -2.23. The van der Waals surface area contributed by atoms with Crippen molar-refractivity contribution in [2.45, 2.75) is 31.3 Å². The van der Waals surface area contributed by atoms with Crippen molar-refractivity contribution in [1.29, 1.82) is 0 Å². The summed E-state index contributed by atoms with van der Waals surface area (Å²) in [5.41, 5.74) is -0.201. The number of hydrogen-bond acceptors (Lipinski definition) is 5. The van der Waals surface area contributed by atoms with Crippen molar-refractivity contribution < 1.29 is 26.7 Å². The van der Waals surface area contributed by atoms with Gasteiger partial charge in [-0.15, -0.1) is 0 Å². The first-order chi connectivity index (χ1) is 13.8. The average molecular weight is 432 g/mol. The number of halogens is 2. The van der Waals surface area contributed by atoms with Gasteiger partial charge in [-0.2, -0.15) is 0 Å². The molecule has 7 nitrogen and oxygen atoms in total. The zero-order valence-corrected chi connectivity index (χ0v) is 17.3. The van der Waals surface area contributed by atoms with E-state index < -0.39 is 27.6 Å². The highest BCUT2D eigenvalue weighted by Gasteiger charge is 2.35. The Kier molecular flexibility index (Phi) is 7.20. The number of hydrogen-bond donors (Lipinski definition) is 1. The molecule has 1 atom stereocenters. The van der Waals surface area contributed by atoms with Crippen LogP contribution in [0.2, 0.25) is 0 Å². The fraction of sp³-hybridized carbons (Fsp3) is 0.632. The SMILES string of the molecule is CS(=O)(=O)N1CCC(N(CCNC(=O)c2ccc(F)cc2F)C2CCOCC2)C1. The summed E-state index contributed by atoms with van der Waals surface area (Å²) in [6.45, 7) is 3.00. The number of nitrogens with one attached hydrogen (secondary N) is 1. The van der Waals surface area contributed by atoms with Crippen LogP contribution in [0.3, 0.4) is 0 Å². The summed E-state index contributed by atoms with van der Waals surface area (Å²) < 4.78 is 57.5. The lowest BCUT2D eigenvalue weighted by Crippen LogP contribution is -2.50. The Morgan fingerprint density at radius 2 is 1.97 bits per heavy atom. The lowest BCUT2D eigenvalue weighted by atomic mass is 10.0. The van der Waals surface area contributed by atoms with Gasteiger partial charge in [-0.1, -0.05) is 0 Å². The molecule has 1 aromatic rings. The molecule has 0 saturated carbocycles. The molecule has 3 rings (SSSR count). The minimum absolute atomic E-state index is 0.0623. The van der Waals surface area contributed by atoms with Crippen molar-refractivity contribution in [3.63, 3.8) is 0 Å². The summed E-state index contributed by atoms with van der Waals surface area (Å²) in [4.78, 5) is 14.5. The number of benzene rings is 1. The molecular formula is C19H27F2N3O4S. The highest BCUT2D eigenvalue weighted by atomic mass is 32.2. The van der Waals surface area contributed by atoms with Crippen LogP contribution >= 0.6 is 0 Å². The van der Waals surface area contributed by atoms with E-state index in [0.29, 0.717) is 38.9 Å². The van der Waals surface area contributed by atoms with E-state index in [0.717, 1.165) is 31.4 Å². The summed E-state index contributed by atoms with van der Waals surface area (Å²) in [5, 5.41) is 2.69. The van der Waals surface area contributed by atoms with Gasteiger partial charge in [0.2, 0.25) is 10.0 Å². The Balaban J connectivity index is 1.62. The number of nitrogens with zero attached hydrogens (tertiary/aromatic N) is 2. The molecule has 10 heteroatoms. The van der Waals surface area contributed by atoms with Crippen molar-refractivity contribution in [2.75, 3.05) is 45.6 Å². The van der Waals surface area contributed by atoms with Crippen LogP contribution < -0.4 is 5.32 Å². The van der Waals surface area contributed by atoms with E-state index in [1.165, 1.54) is 10.6 Å². The topological polar surface area (TPSA) is 79.0 Å². The molecule has 2 aliphatic heterocycles. The Morgan fingerprint density at radius 3 is 2.59 bits per heavy atom. The highest BCUT2D eigenvalue weighted by Crippen LogP contribution is 2.24. The molecule has 0 radical (unpaired) electrons. The largest absolute Gasteiger partial charge is 0.381 e. The molecule has 0 aromatic heterocycles. The molecule has 0 spiro atoms. The predicted octanol–water partition coefficient (Wildman–Crippen LogP) is 1.21. The third-order valence-corrected chi connectivity index (χ3v) is 6.82. The van der Waals surface area contributed by atoms with Crippen LogP contribution in [0.25, 0.3) is 0 Å². The zero-order chi connectivity index (χ0) is 21.0. The molecule has 2 saturated heterocycles. The minimum atomic E-state index is -3.24. The van der Waals surface area contributed by atoms with Gasteiger partial charge in [-0.25, -0.2) is 21.5 Å². The number of sulfonamides is 1. The lowest BCUT2D eigenvalue weighted by molar-refractivity contribution is 0.0194. The van der Waals surface area contributed by atoms with E-state index in [9.17, 15) is 22.0 Å². The van der Waals surface area contributed by atoms with Crippen molar-refractivity contribution in [1.82, 2.24) is 14.5 Å². The van der Waals surface area contributed by atoms with E-state index in [2.05, 4.69) is 10.2 Å². The van der Waals surface area contributed by atoms with E-state index >= 15 is 0 Å². The van der Waals surface area contributed by atoms with Crippen LogP contribution in [0.4, 0.5) is 8.78 Å². The van der Waals surface area contributed by atoms with Crippen LogP contribution in [0.5, 0.6) is 0 Å². The average Bonchev–Trinajstić information content (AvgIpc) is 3.16. The summed E-state index contributed by atoms with van der Waals surface area (Å²) >= 11 is 0. The van der Waals surface area contributed by atoms with E-state index in [-0.39, 0.29) is 24.2 Å². The second kappa shape index (κ2) is 9.46. The summed E-state index contributed by atoms with van der Waals surface area (Å²) in [6, 6.07) is 3.16. The highest BCUT2D eigenvalue weighted by molar-refractivity contribution is 7.88. The number of amides is 1. The fourth-order valence-corrected chi connectivity index (χ4v) is 4.91. The molecule has 2 aliphatic rings. The molecule has 0 aliphatic carbocycles. The molecule has 0 bridgehead atoms. The Hall–Kier alpha value is -1.62. The van der Waals surface area contributed by atoms with E-state index in [4.69, 9.17) is 4.74 Å². The maximum Gasteiger partial charge on any atom is 0.254 e. The van der Waals surface area contributed by atoms with Gasteiger partial charge < -0.3 is 10.1 Å². The molecular weight excluding hydrogens is 404 g/mol. The van der Waals surface area contributed by atoms with Crippen molar-refractivity contribution in [3.8, 4) is 0 Å². The van der Waals surface area contributed by atoms with Crippen LogP contribution in [-0.4, -0.2) is 81.3 Å². The predicted molar refractivity (Wildman–Crippen MR) is 104 cm³/mol. The van der Waals surface area contributed by atoms with Gasteiger partial charge in [0.1, 0.15) is 11.6 Å². The van der Waals surface area contributed by atoms with Gasteiger partial charge in [-0.3, -0.25) is 9.69 Å². The van der Waals surface area contributed by atoms with Gasteiger partial charge in [-0.05, 0) is 31.4 Å². The van der Waals surface area contributed by atoms with Crippen LogP contribution in [-0.2, 0) is 14.8 Å². The molecule has 2 heterocycles. The molecule has 162 valence electrons. The van der Waals surface area contributed by atoms with Gasteiger partial charge in [0, 0.05) is 57.5 Å². The fourth-order valence-electron chi connectivity index (χ4n) is 4.03. The normalized spacial score (nSPS) is 21.6. The molecule has 2 fully saturated rings. The van der Waals surface area contributed by atoms with Crippen molar-refractivity contribution in [3.05, 3.63) is 35.4 Å². The first kappa shape index (κ1) is 22.1. The molecule has 29 heavy (non-hydrogen) atoms. The number of carbonyl (C=O) groups is 1. The smallest absolute Gasteiger partial charge is 0.254 e. The number of rotatable bonds is 7. The van der Waals surface area contributed by atoms with Gasteiger partial charge in [0.05, 0.1) is 11.8 Å². The quantitative estimate of drug-likeness (QED) is 0.702. The first-order valence-corrected chi connectivity index (χ1v) is 11.6. The van der Waals surface area contributed by atoms with Crippen LogP contribution in [0.15, 0.2) is 18.2 Å². The van der Waals surface area contributed by atoms with Crippen molar-refractivity contribution >= 4 is 15.9 Å². The van der Waals surface area contributed by atoms with Gasteiger partial charge in [0.15, 0.2) is 0 Å². The lowest BCUT2D eigenvalue weighted by Gasteiger charge is -2.38. The number of ether oxygens (including phenoxy) is 1. The minimum Gasteiger partial charge on any atom is -0.381 e. The maximum atomic E-state index is 13.8. The van der Waals surface area contributed by atoms with Gasteiger partial charge >= 0.3 is 0 Å². The standard InChI is InChI=1S/C19H27F2N3O4S/c1-29(26,27)23-8-4-16(13-23)24(15-5-10-28-11-6-15)9-7-22-19(25)17-3-2-14(20)12-18(17)21/h2-3,12,15-16H,4-11,13H2,1H3,(H,22,25). The molecule has 1 unspecified atom stereocenters. The second-order valence-corrected chi connectivity index (χ2v) is 9.51. The third kappa shape index (κ3) is 5.71. The van der Waals surface area contributed by atoms with Crippen LogP contribution in [0, 0.1) is 11.6 Å². The maximum absolute atomic E-state index is 13.8. The Labute approximate surface area is 170 Å². The van der Waals surface area contributed by atoms with Crippen LogP contribution in [0.1, 0.15) is 29.6 Å². The van der Waals surface area contributed by atoms with E-state index in [1.807, 2.05) is 0 Å². The Bertz CT molecular complexity index is 831. The second-order valence-electron chi connectivity index (χ2n) is 7.52. The van der Waals surface area contributed by atoms with Gasteiger partial charge in [0.25, 0.3) is 5.91 Å².